The summed E-state index contributed by atoms with van der Waals surface area (Å²) < 4.78 is 23.9. The van der Waals surface area contributed by atoms with Gasteiger partial charge in [-0.2, -0.15) is 0 Å². The highest BCUT2D eigenvalue weighted by molar-refractivity contribution is 5.68. The fraction of sp³-hybridized carbons (Fsp3) is 0.533. The van der Waals surface area contributed by atoms with Gasteiger partial charge in [-0.1, -0.05) is 0 Å². The van der Waals surface area contributed by atoms with Crippen LogP contribution in [0.15, 0.2) is 18.2 Å². The molecule has 22 heavy (non-hydrogen) atoms. The van der Waals surface area contributed by atoms with Gasteiger partial charge < -0.3 is 25.5 Å². The molecule has 1 amide bonds. The highest BCUT2D eigenvalue weighted by Gasteiger charge is 2.33. The predicted molar refractivity (Wildman–Crippen MR) is 80.2 cm³/mol. The van der Waals surface area contributed by atoms with Crippen molar-refractivity contribution in [2.75, 3.05) is 5.48 Å². The maximum Gasteiger partial charge on any atom is 0.407 e. The van der Waals surface area contributed by atoms with Gasteiger partial charge in [-0.25, -0.2) is 9.18 Å². The van der Waals surface area contributed by atoms with Gasteiger partial charge in [0.15, 0.2) is 0 Å². The van der Waals surface area contributed by atoms with Gasteiger partial charge in [0.2, 0.25) is 0 Å². The summed E-state index contributed by atoms with van der Waals surface area (Å²) in [7, 11) is 0. The van der Waals surface area contributed by atoms with Crippen LogP contribution in [0.3, 0.4) is 0 Å². The van der Waals surface area contributed by atoms with Crippen LogP contribution >= 0.6 is 0 Å². The summed E-state index contributed by atoms with van der Waals surface area (Å²) in [5.41, 5.74) is 1.36. The SMILES string of the molecule is CC(C)(C)OC(=O)NC1CC(Oc2cc(F)ccc2N[O-])C1. The number of hydrogen-bond acceptors (Lipinski definition) is 5. The molecule has 1 aliphatic rings. The fourth-order valence-electron chi connectivity index (χ4n) is 2.11. The summed E-state index contributed by atoms with van der Waals surface area (Å²) in [6.07, 6.45) is 0.514. The summed E-state index contributed by atoms with van der Waals surface area (Å²) >= 11 is 0. The first-order chi connectivity index (χ1) is 10.3. The number of anilines is 1. The first-order valence-electron chi connectivity index (χ1n) is 7.11. The van der Waals surface area contributed by atoms with E-state index in [0.29, 0.717) is 12.8 Å². The van der Waals surface area contributed by atoms with Crippen LogP contribution in [0.1, 0.15) is 33.6 Å². The number of benzene rings is 1. The van der Waals surface area contributed by atoms with Crippen LogP contribution in [0, 0.1) is 11.0 Å². The zero-order valence-electron chi connectivity index (χ0n) is 12.8. The van der Waals surface area contributed by atoms with Gasteiger partial charge in [-0.05, 0) is 32.9 Å². The van der Waals surface area contributed by atoms with E-state index < -0.39 is 17.5 Å². The van der Waals surface area contributed by atoms with E-state index in [1.54, 1.807) is 26.3 Å². The second-order valence-electron chi connectivity index (χ2n) is 6.30. The zero-order chi connectivity index (χ0) is 16.3. The molecule has 0 aliphatic heterocycles. The molecule has 1 saturated carbocycles. The van der Waals surface area contributed by atoms with Crippen LogP contribution in [-0.4, -0.2) is 23.8 Å². The standard InChI is InChI=1S/C15H20FN2O4/c1-15(2,3)22-14(19)17-10-7-11(8-10)21-13-6-9(16)4-5-12(13)18-20/h4-6,10-11,18H,7-8H2,1-3H3,(H,17,19)/q-1. The smallest absolute Gasteiger partial charge is 0.407 e. The third-order valence-electron chi connectivity index (χ3n) is 3.16. The molecule has 0 saturated heterocycles. The van der Waals surface area contributed by atoms with Crippen LogP contribution < -0.4 is 15.5 Å². The van der Waals surface area contributed by atoms with E-state index in [1.165, 1.54) is 12.1 Å². The Bertz CT molecular complexity index is 539. The number of ether oxygens (including phenoxy) is 2. The summed E-state index contributed by atoms with van der Waals surface area (Å²) in [4.78, 5) is 11.6. The normalized spacial score (nSPS) is 20.8. The molecule has 0 radical (unpaired) electrons. The quantitative estimate of drug-likeness (QED) is 0.835. The third-order valence-corrected chi connectivity index (χ3v) is 3.16. The molecular weight excluding hydrogens is 291 g/mol. The molecule has 1 aromatic carbocycles. The van der Waals surface area contributed by atoms with Gasteiger partial charge in [0.1, 0.15) is 23.3 Å². The lowest BCUT2D eigenvalue weighted by Crippen LogP contribution is -2.50. The Morgan fingerprint density at radius 2 is 2.05 bits per heavy atom. The average molecular weight is 311 g/mol. The van der Waals surface area contributed by atoms with Crippen molar-refractivity contribution >= 4 is 11.8 Å². The van der Waals surface area contributed by atoms with Crippen molar-refractivity contribution in [3.05, 3.63) is 29.2 Å². The highest BCUT2D eigenvalue weighted by Crippen LogP contribution is 2.31. The summed E-state index contributed by atoms with van der Waals surface area (Å²) in [6.45, 7) is 5.38. The van der Waals surface area contributed by atoms with Crippen LogP contribution in [0.25, 0.3) is 0 Å². The molecule has 0 heterocycles. The van der Waals surface area contributed by atoms with E-state index >= 15 is 0 Å². The van der Waals surface area contributed by atoms with Gasteiger partial charge in [-0.15, -0.1) is 0 Å². The van der Waals surface area contributed by atoms with Crippen molar-refractivity contribution in [1.82, 2.24) is 5.32 Å². The minimum atomic E-state index is -0.542. The molecule has 1 aromatic rings. The van der Waals surface area contributed by atoms with Crippen LogP contribution in [0.4, 0.5) is 14.9 Å². The van der Waals surface area contributed by atoms with Crippen molar-refractivity contribution in [2.45, 2.75) is 51.4 Å². The summed E-state index contributed by atoms with van der Waals surface area (Å²) in [5.74, 6) is -0.299. The Kier molecular flexibility index (Phi) is 4.75. The Labute approximate surface area is 128 Å². The van der Waals surface area contributed by atoms with Crippen molar-refractivity contribution in [2.24, 2.45) is 0 Å². The highest BCUT2D eigenvalue weighted by atomic mass is 19.1. The van der Waals surface area contributed by atoms with Crippen LogP contribution in [-0.2, 0) is 4.74 Å². The number of amides is 1. The molecule has 0 atom stereocenters. The van der Waals surface area contributed by atoms with Crippen LogP contribution in [0.2, 0.25) is 0 Å². The second-order valence-corrected chi connectivity index (χ2v) is 6.30. The maximum atomic E-state index is 13.2. The van der Waals surface area contributed by atoms with E-state index in [4.69, 9.17) is 9.47 Å². The maximum absolute atomic E-state index is 13.2. The number of alkyl carbamates (subject to hydrolysis) is 1. The Hall–Kier alpha value is -2.02. The summed E-state index contributed by atoms with van der Waals surface area (Å²) in [5, 5.41) is 13.5. The van der Waals surface area contributed by atoms with Crippen LogP contribution in [0.5, 0.6) is 5.75 Å². The fourth-order valence-corrected chi connectivity index (χ4v) is 2.11. The van der Waals surface area contributed by atoms with E-state index in [9.17, 15) is 14.4 Å². The third kappa shape index (κ3) is 4.49. The minimum absolute atomic E-state index is 0.0444. The molecule has 7 heteroatoms. The van der Waals surface area contributed by atoms with Crippen molar-refractivity contribution in [3.63, 3.8) is 0 Å². The molecule has 1 fully saturated rings. The van der Waals surface area contributed by atoms with Gasteiger partial charge >= 0.3 is 6.09 Å². The number of rotatable bonds is 4. The number of carbonyl (C=O) groups is 1. The van der Waals surface area contributed by atoms with Crippen molar-refractivity contribution in [3.8, 4) is 5.75 Å². The average Bonchev–Trinajstić information content (AvgIpc) is 2.34. The lowest BCUT2D eigenvalue weighted by Gasteiger charge is -2.36. The molecular formula is C15H20FN2O4-. The molecule has 0 unspecified atom stereocenters. The molecule has 0 aromatic heterocycles. The zero-order valence-corrected chi connectivity index (χ0v) is 12.8. The van der Waals surface area contributed by atoms with E-state index in [2.05, 4.69) is 5.32 Å². The first-order valence-corrected chi connectivity index (χ1v) is 7.11. The predicted octanol–water partition coefficient (Wildman–Crippen LogP) is 3.17. The molecule has 0 spiro atoms. The molecule has 6 nitrogen and oxygen atoms in total. The van der Waals surface area contributed by atoms with E-state index in [-0.39, 0.29) is 23.6 Å². The molecule has 2 N–H and O–H groups in total. The van der Waals surface area contributed by atoms with Gasteiger partial charge in [0.25, 0.3) is 0 Å². The van der Waals surface area contributed by atoms with E-state index in [0.717, 1.165) is 6.07 Å². The van der Waals surface area contributed by atoms with Gasteiger partial charge in [0, 0.05) is 24.9 Å². The van der Waals surface area contributed by atoms with Crippen molar-refractivity contribution in [1.29, 1.82) is 0 Å². The number of hydrogen-bond donors (Lipinski definition) is 2. The number of halogens is 1. The molecule has 0 bridgehead atoms. The summed E-state index contributed by atoms with van der Waals surface area (Å²) in [6, 6.07) is 3.62. The topological polar surface area (TPSA) is 82.7 Å². The Morgan fingerprint density at radius 1 is 1.36 bits per heavy atom. The molecule has 1 aliphatic carbocycles. The molecule has 122 valence electrons. The lowest BCUT2D eigenvalue weighted by atomic mass is 9.89. The number of carbonyl (C=O) groups excluding carboxylic acids is 1. The van der Waals surface area contributed by atoms with Gasteiger partial charge in [-0.3, -0.25) is 0 Å². The second kappa shape index (κ2) is 6.39. The van der Waals surface area contributed by atoms with Gasteiger partial charge in [0.05, 0.1) is 5.69 Å². The largest absolute Gasteiger partial charge is 0.761 e. The number of nitrogens with one attached hydrogen (secondary N) is 2. The first kappa shape index (κ1) is 16.4. The minimum Gasteiger partial charge on any atom is -0.761 e. The van der Waals surface area contributed by atoms with Crippen molar-refractivity contribution < 1.29 is 18.7 Å². The lowest BCUT2D eigenvalue weighted by molar-refractivity contribution is 0.0363. The Balaban J connectivity index is 1.80. The monoisotopic (exact) mass is 311 g/mol. The molecule has 2 rings (SSSR count). The van der Waals surface area contributed by atoms with E-state index in [1.807, 2.05) is 0 Å². The Morgan fingerprint density at radius 3 is 2.64 bits per heavy atom.